The molecule has 53 heavy (non-hydrogen) atoms. The van der Waals surface area contributed by atoms with Gasteiger partial charge in [-0.1, -0.05) is 289 Å². The minimum Gasteiger partial charge on any atom is -0.849 e. The van der Waals surface area contributed by atoms with Gasteiger partial charge in [-0.05, 0) is 0 Å². The smallest absolute Gasteiger partial charge is 0.849 e. The molecule has 0 aliphatic carbocycles. The van der Waals surface area contributed by atoms with E-state index >= 15 is 0 Å². The zero-order valence-electron chi connectivity index (χ0n) is 38.8. The largest absolute Gasteiger partial charge is 4.00 e. The van der Waals surface area contributed by atoms with Gasteiger partial charge in [0, 0.05) is 0 Å². The summed E-state index contributed by atoms with van der Waals surface area (Å²) in [6.45, 7) is 25.7. The molecule has 0 aromatic carbocycles. The van der Waals surface area contributed by atoms with E-state index in [9.17, 15) is 20.4 Å². The van der Waals surface area contributed by atoms with E-state index in [1.807, 2.05) is 0 Å². The van der Waals surface area contributed by atoms with Gasteiger partial charge in [-0.3, -0.25) is 0 Å². The van der Waals surface area contributed by atoms with Crippen LogP contribution in [0.4, 0.5) is 0 Å². The van der Waals surface area contributed by atoms with Crippen molar-refractivity contribution >= 4 is 0 Å². The Morgan fingerprint density at radius 1 is 0.208 bits per heavy atom. The van der Waals surface area contributed by atoms with E-state index in [2.05, 4.69) is 83.1 Å². The van der Waals surface area contributed by atoms with Crippen molar-refractivity contribution in [2.45, 2.75) is 311 Å². The molecule has 0 heterocycles. The summed E-state index contributed by atoms with van der Waals surface area (Å²) in [6.07, 6.45) is 32.8. The fourth-order valence-corrected chi connectivity index (χ4v) is 7.31. The zero-order chi connectivity index (χ0) is 40.6. The summed E-state index contributed by atoms with van der Waals surface area (Å²) >= 11 is 0. The van der Waals surface area contributed by atoms with E-state index in [1.165, 1.54) is 0 Å². The van der Waals surface area contributed by atoms with Gasteiger partial charge in [0.15, 0.2) is 0 Å². The maximum atomic E-state index is 12.2. The molecular weight excluding hydrogens is 688 g/mol. The van der Waals surface area contributed by atoms with E-state index in [1.54, 1.807) is 0 Å². The predicted octanol–water partition coefficient (Wildman–Crippen LogP) is 13.1. The van der Waals surface area contributed by atoms with Crippen LogP contribution in [-0.2, 0) is 21.7 Å². The molecule has 4 nitrogen and oxygen atoms in total. The van der Waals surface area contributed by atoms with Crippen LogP contribution in [-0.4, -0.2) is 22.4 Å². The molecule has 0 amide bonds. The van der Waals surface area contributed by atoms with Crippen molar-refractivity contribution in [3.05, 3.63) is 0 Å². The molecule has 0 rings (SSSR count). The minimum atomic E-state index is -0.596. The SMILES string of the molecule is CCCCC([O-])(CCC)CCCC.CCCCC([O-])(CCC)CCCC.CCCCC([O-])(CCC)CCCC.CCCCC([O-])(CCC)CCCC.[Ti+4]. The average Bonchev–Trinajstić information content (AvgIpc) is 3.13. The third-order valence-corrected chi connectivity index (χ3v) is 10.7. The number of unbranched alkanes of at least 4 members (excludes halogenated alkanes) is 8. The molecule has 0 N–H and O–H groups in total. The maximum Gasteiger partial charge on any atom is 4.00 e. The van der Waals surface area contributed by atoms with E-state index < -0.39 is 22.4 Å². The van der Waals surface area contributed by atoms with E-state index in [4.69, 9.17) is 0 Å². The molecule has 0 saturated carbocycles. The van der Waals surface area contributed by atoms with Gasteiger partial charge in [-0.15, -0.1) is 22.4 Å². The van der Waals surface area contributed by atoms with Crippen molar-refractivity contribution in [1.29, 1.82) is 0 Å². The molecule has 0 aliphatic heterocycles. The van der Waals surface area contributed by atoms with Gasteiger partial charge < -0.3 is 20.4 Å². The van der Waals surface area contributed by atoms with Crippen LogP contribution in [0.3, 0.4) is 0 Å². The summed E-state index contributed by atoms with van der Waals surface area (Å²) in [7, 11) is 0. The maximum absolute atomic E-state index is 12.2. The van der Waals surface area contributed by atoms with Crippen molar-refractivity contribution in [2.75, 3.05) is 0 Å². The number of hydrogen-bond donors (Lipinski definition) is 0. The first-order valence-corrected chi connectivity index (χ1v) is 23.5. The quantitative estimate of drug-likeness (QED) is 0.0635. The van der Waals surface area contributed by atoms with E-state index in [0.717, 1.165) is 205 Å². The van der Waals surface area contributed by atoms with Crippen molar-refractivity contribution in [1.82, 2.24) is 0 Å². The molecule has 320 valence electrons. The second-order valence-corrected chi connectivity index (χ2v) is 16.6. The van der Waals surface area contributed by atoms with Gasteiger partial charge in [-0.25, -0.2) is 0 Å². The molecular formula is C48H100O4Ti. The molecule has 0 unspecified atom stereocenters. The first-order valence-electron chi connectivity index (χ1n) is 23.5. The van der Waals surface area contributed by atoms with Crippen molar-refractivity contribution in [3.63, 3.8) is 0 Å². The Kier molecular flexibility index (Phi) is 51.7. The van der Waals surface area contributed by atoms with Crippen LogP contribution in [0, 0.1) is 0 Å². The van der Waals surface area contributed by atoms with Crippen molar-refractivity contribution in [2.24, 2.45) is 0 Å². The van der Waals surface area contributed by atoms with Gasteiger partial charge in [0.2, 0.25) is 0 Å². The van der Waals surface area contributed by atoms with Gasteiger partial charge >= 0.3 is 21.7 Å². The van der Waals surface area contributed by atoms with Crippen LogP contribution in [0.1, 0.15) is 289 Å². The molecule has 0 aliphatic rings. The topological polar surface area (TPSA) is 92.2 Å². The van der Waals surface area contributed by atoms with Crippen LogP contribution < -0.4 is 20.4 Å². The van der Waals surface area contributed by atoms with Crippen LogP contribution >= 0.6 is 0 Å². The fraction of sp³-hybridized carbons (Fsp3) is 1.00. The molecule has 0 saturated heterocycles. The third-order valence-electron chi connectivity index (χ3n) is 10.7. The molecule has 0 bridgehead atoms. The van der Waals surface area contributed by atoms with E-state index in [0.29, 0.717) is 0 Å². The summed E-state index contributed by atoms with van der Waals surface area (Å²) in [4.78, 5) is 0. The normalized spacial score (nSPS) is 11.8. The Bertz CT molecular complexity index is 526. The average molecular weight is 789 g/mol. The van der Waals surface area contributed by atoms with Crippen LogP contribution in [0.15, 0.2) is 0 Å². The summed E-state index contributed by atoms with van der Waals surface area (Å²) in [5.41, 5.74) is -2.39. The second-order valence-electron chi connectivity index (χ2n) is 16.6. The van der Waals surface area contributed by atoms with Crippen LogP contribution in [0.25, 0.3) is 0 Å². The minimum absolute atomic E-state index is 0. The first kappa shape index (κ1) is 62.7. The van der Waals surface area contributed by atoms with Gasteiger partial charge in [0.25, 0.3) is 0 Å². The summed E-state index contributed by atoms with van der Waals surface area (Å²) in [5, 5.41) is 48.9. The predicted molar refractivity (Wildman–Crippen MR) is 227 cm³/mol. The van der Waals surface area contributed by atoms with Gasteiger partial charge in [0.1, 0.15) is 0 Å². The molecule has 0 atom stereocenters. The monoisotopic (exact) mass is 789 g/mol. The second kappa shape index (κ2) is 43.7. The Morgan fingerprint density at radius 3 is 0.396 bits per heavy atom. The molecule has 0 spiro atoms. The summed E-state index contributed by atoms with van der Waals surface area (Å²) in [6, 6.07) is 0. The fourth-order valence-electron chi connectivity index (χ4n) is 7.31. The number of hydrogen-bond acceptors (Lipinski definition) is 4. The number of rotatable bonds is 32. The van der Waals surface area contributed by atoms with Gasteiger partial charge in [0.05, 0.1) is 0 Å². The van der Waals surface area contributed by atoms with Crippen molar-refractivity contribution in [3.8, 4) is 0 Å². The van der Waals surface area contributed by atoms with Crippen LogP contribution in [0.5, 0.6) is 0 Å². The zero-order valence-corrected chi connectivity index (χ0v) is 40.3. The summed E-state index contributed by atoms with van der Waals surface area (Å²) < 4.78 is 0. The molecule has 0 fully saturated rings. The molecule has 0 radical (unpaired) electrons. The third kappa shape index (κ3) is 42.0. The molecule has 5 heteroatoms. The van der Waals surface area contributed by atoms with Crippen LogP contribution in [0.2, 0.25) is 0 Å². The van der Waals surface area contributed by atoms with E-state index in [-0.39, 0.29) is 21.7 Å². The Morgan fingerprint density at radius 2 is 0.321 bits per heavy atom. The Labute approximate surface area is 351 Å². The molecule has 0 aromatic heterocycles. The molecule has 0 aromatic rings. The standard InChI is InChI=1S/4C12H25O.Ti/c4*1-4-7-10-12(13,9-6-3)11-8-5-2;/h4*4-11H2,1-3H3;/q4*-1;+4. The Hall–Kier alpha value is 0.554. The summed E-state index contributed by atoms with van der Waals surface area (Å²) in [5.74, 6) is 0. The Balaban J connectivity index is -0.000000192. The van der Waals surface area contributed by atoms with Gasteiger partial charge in [-0.2, -0.15) is 0 Å². The van der Waals surface area contributed by atoms with Crippen molar-refractivity contribution < 1.29 is 42.1 Å². The first-order chi connectivity index (χ1) is 24.7.